The van der Waals surface area contributed by atoms with Gasteiger partial charge in [-0.15, -0.1) is 0 Å². The molecule has 2 heterocycles. The molecule has 1 N–H and O–H groups in total. The van der Waals surface area contributed by atoms with Crippen LogP contribution in [0.4, 0.5) is 0 Å². The highest BCUT2D eigenvalue weighted by Crippen LogP contribution is 2.40. The molecule has 176 valence electrons. The minimum Gasteiger partial charge on any atom is -0.350 e. The minimum atomic E-state index is -0.470. The molecule has 0 spiro atoms. The first-order chi connectivity index (χ1) is 16.6. The van der Waals surface area contributed by atoms with Gasteiger partial charge in [0, 0.05) is 23.2 Å². The molecule has 0 bridgehead atoms. The molecule has 3 aromatic rings. The summed E-state index contributed by atoms with van der Waals surface area (Å²) in [6.07, 6.45) is 8.15. The van der Waals surface area contributed by atoms with Crippen molar-refractivity contribution in [2.24, 2.45) is 5.92 Å². The maximum atomic E-state index is 13.5. The van der Waals surface area contributed by atoms with E-state index < -0.39 is 6.04 Å². The van der Waals surface area contributed by atoms with Crippen molar-refractivity contribution in [1.29, 1.82) is 0 Å². The van der Waals surface area contributed by atoms with E-state index in [2.05, 4.69) is 15.4 Å². The SMILES string of the molecule is O=C(NCc1ccccc1Cn1cncn1)C1CC2CCCCC2N1C(=O)c1cccc(Cl)c1. The van der Waals surface area contributed by atoms with Gasteiger partial charge in [-0.25, -0.2) is 9.67 Å². The summed E-state index contributed by atoms with van der Waals surface area (Å²) in [5.74, 6) is 0.163. The van der Waals surface area contributed by atoms with Gasteiger partial charge in [0.05, 0.1) is 6.54 Å². The van der Waals surface area contributed by atoms with Crippen LogP contribution in [0.25, 0.3) is 0 Å². The number of nitrogens with one attached hydrogen (secondary N) is 1. The van der Waals surface area contributed by atoms with Crippen LogP contribution in [-0.4, -0.2) is 43.6 Å². The van der Waals surface area contributed by atoms with Crippen molar-refractivity contribution < 1.29 is 9.59 Å². The number of likely N-dealkylation sites (tertiary alicyclic amines) is 1. The zero-order valence-corrected chi connectivity index (χ0v) is 19.7. The summed E-state index contributed by atoms with van der Waals surface area (Å²) in [5, 5.41) is 7.82. The summed E-state index contributed by atoms with van der Waals surface area (Å²) >= 11 is 6.15. The Labute approximate surface area is 204 Å². The van der Waals surface area contributed by atoms with Crippen LogP contribution in [0.2, 0.25) is 5.02 Å². The van der Waals surface area contributed by atoms with Gasteiger partial charge in [0.25, 0.3) is 5.91 Å². The second-order valence-electron chi connectivity index (χ2n) is 9.17. The number of hydrogen-bond acceptors (Lipinski definition) is 4. The third-order valence-electron chi connectivity index (χ3n) is 7.07. The number of nitrogens with zero attached hydrogens (tertiary/aromatic N) is 4. The van der Waals surface area contributed by atoms with E-state index in [0.29, 0.717) is 36.0 Å². The quantitative estimate of drug-likeness (QED) is 0.580. The highest BCUT2D eigenvalue weighted by Gasteiger charge is 2.47. The zero-order chi connectivity index (χ0) is 23.5. The molecule has 7 nitrogen and oxygen atoms in total. The number of amides is 2. The van der Waals surface area contributed by atoms with Crippen molar-refractivity contribution >= 4 is 23.4 Å². The van der Waals surface area contributed by atoms with Crippen molar-refractivity contribution in [1.82, 2.24) is 25.0 Å². The Morgan fingerprint density at radius 2 is 1.88 bits per heavy atom. The van der Waals surface area contributed by atoms with E-state index in [4.69, 9.17) is 11.6 Å². The second kappa shape index (κ2) is 9.97. The summed E-state index contributed by atoms with van der Waals surface area (Å²) in [4.78, 5) is 32.8. The maximum Gasteiger partial charge on any atom is 0.254 e. The molecule has 1 aromatic heterocycles. The highest BCUT2D eigenvalue weighted by atomic mass is 35.5. The highest BCUT2D eigenvalue weighted by molar-refractivity contribution is 6.31. The fraction of sp³-hybridized carbons (Fsp3) is 0.385. The van der Waals surface area contributed by atoms with E-state index in [9.17, 15) is 9.59 Å². The van der Waals surface area contributed by atoms with Gasteiger partial charge in [0.15, 0.2) is 0 Å². The van der Waals surface area contributed by atoms with Crippen molar-refractivity contribution in [3.8, 4) is 0 Å². The van der Waals surface area contributed by atoms with Gasteiger partial charge in [0.1, 0.15) is 18.7 Å². The number of rotatable bonds is 6. The molecule has 2 aliphatic rings. The standard InChI is InChI=1S/C26H28ClN5O2/c27-22-10-5-9-19(12-22)26(34)32-23-11-4-3-6-18(23)13-24(32)25(33)29-14-20-7-1-2-8-21(20)15-31-17-28-16-30-31/h1-2,5,7-10,12,16-18,23-24H,3-4,6,11,13-15H2,(H,29,33). The number of carbonyl (C=O) groups is 2. The van der Waals surface area contributed by atoms with Crippen molar-refractivity contribution in [2.75, 3.05) is 0 Å². The van der Waals surface area contributed by atoms with Crippen LogP contribution in [0.15, 0.2) is 61.2 Å². The minimum absolute atomic E-state index is 0.0969. The monoisotopic (exact) mass is 477 g/mol. The zero-order valence-electron chi connectivity index (χ0n) is 18.9. The van der Waals surface area contributed by atoms with Gasteiger partial charge >= 0.3 is 0 Å². The van der Waals surface area contributed by atoms with Gasteiger partial charge in [-0.3, -0.25) is 9.59 Å². The van der Waals surface area contributed by atoms with Crippen LogP contribution >= 0.6 is 11.6 Å². The van der Waals surface area contributed by atoms with Gasteiger partial charge < -0.3 is 10.2 Å². The molecule has 3 atom stereocenters. The van der Waals surface area contributed by atoms with Crippen molar-refractivity contribution in [3.63, 3.8) is 0 Å². The molecule has 5 rings (SSSR count). The molecule has 0 radical (unpaired) electrons. The van der Waals surface area contributed by atoms with Gasteiger partial charge in [-0.1, -0.05) is 54.8 Å². The van der Waals surface area contributed by atoms with Crippen LogP contribution in [0.3, 0.4) is 0 Å². The van der Waals surface area contributed by atoms with Crippen LogP contribution in [0.5, 0.6) is 0 Å². The van der Waals surface area contributed by atoms with E-state index >= 15 is 0 Å². The summed E-state index contributed by atoms with van der Waals surface area (Å²) in [6, 6.07) is 14.6. The van der Waals surface area contributed by atoms with E-state index in [1.807, 2.05) is 29.2 Å². The predicted molar refractivity (Wildman–Crippen MR) is 129 cm³/mol. The summed E-state index contributed by atoms with van der Waals surface area (Å²) in [5.41, 5.74) is 2.63. The maximum absolute atomic E-state index is 13.5. The van der Waals surface area contributed by atoms with Crippen LogP contribution in [0, 0.1) is 5.92 Å². The summed E-state index contributed by atoms with van der Waals surface area (Å²) in [7, 11) is 0. The van der Waals surface area contributed by atoms with Gasteiger partial charge in [-0.2, -0.15) is 5.10 Å². The molecule has 34 heavy (non-hydrogen) atoms. The molecule has 1 saturated carbocycles. The lowest BCUT2D eigenvalue weighted by Gasteiger charge is -2.33. The number of benzene rings is 2. The normalized spacial score (nSPS) is 21.8. The third kappa shape index (κ3) is 4.71. The lowest BCUT2D eigenvalue weighted by atomic mass is 9.84. The molecule has 2 fully saturated rings. The Kier molecular flexibility index (Phi) is 6.63. The van der Waals surface area contributed by atoms with Crippen molar-refractivity contribution in [3.05, 3.63) is 82.9 Å². The average molecular weight is 478 g/mol. The number of aromatic nitrogens is 3. The Bertz CT molecular complexity index is 1170. The Balaban J connectivity index is 1.33. The van der Waals surface area contributed by atoms with Gasteiger partial charge in [-0.05, 0) is 54.5 Å². The number of hydrogen-bond donors (Lipinski definition) is 1. The van der Waals surface area contributed by atoms with Crippen LogP contribution in [-0.2, 0) is 17.9 Å². The molecule has 1 saturated heterocycles. The second-order valence-corrected chi connectivity index (χ2v) is 9.60. The smallest absolute Gasteiger partial charge is 0.254 e. The average Bonchev–Trinajstić information content (AvgIpc) is 3.50. The molecule has 2 amide bonds. The first-order valence-electron chi connectivity index (χ1n) is 11.9. The number of fused-ring (bicyclic) bond motifs is 1. The fourth-order valence-corrected chi connectivity index (χ4v) is 5.62. The lowest BCUT2D eigenvalue weighted by Crippen LogP contribution is -2.49. The molecule has 1 aliphatic carbocycles. The molecule has 8 heteroatoms. The molecular formula is C26H28ClN5O2. The fourth-order valence-electron chi connectivity index (χ4n) is 5.43. The van der Waals surface area contributed by atoms with E-state index in [1.165, 1.54) is 6.33 Å². The van der Waals surface area contributed by atoms with E-state index in [0.717, 1.165) is 36.8 Å². The largest absolute Gasteiger partial charge is 0.350 e. The van der Waals surface area contributed by atoms with Crippen LogP contribution < -0.4 is 5.32 Å². The van der Waals surface area contributed by atoms with Crippen molar-refractivity contribution in [2.45, 2.75) is 57.3 Å². The van der Waals surface area contributed by atoms with Crippen LogP contribution in [0.1, 0.15) is 53.6 Å². The summed E-state index contributed by atoms with van der Waals surface area (Å²) < 4.78 is 1.76. The molecule has 2 aromatic carbocycles. The molecule has 1 aliphatic heterocycles. The Hall–Kier alpha value is -3.19. The number of carbonyl (C=O) groups excluding carboxylic acids is 2. The lowest BCUT2D eigenvalue weighted by molar-refractivity contribution is -0.125. The van der Waals surface area contributed by atoms with E-state index in [1.54, 1.807) is 35.3 Å². The van der Waals surface area contributed by atoms with E-state index in [-0.39, 0.29) is 17.9 Å². The third-order valence-corrected chi connectivity index (χ3v) is 7.30. The predicted octanol–water partition coefficient (Wildman–Crippen LogP) is 4.07. The molecule has 3 unspecified atom stereocenters. The first-order valence-corrected chi connectivity index (χ1v) is 12.2. The topological polar surface area (TPSA) is 80.1 Å². The number of halogens is 1. The first kappa shape index (κ1) is 22.6. The summed E-state index contributed by atoms with van der Waals surface area (Å²) in [6.45, 7) is 0.980. The Morgan fingerprint density at radius 1 is 1.06 bits per heavy atom. The Morgan fingerprint density at radius 3 is 2.68 bits per heavy atom. The van der Waals surface area contributed by atoms with Gasteiger partial charge in [0.2, 0.25) is 5.91 Å². The molecular weight excluding hydrogens is 450 g/mol.